The van der Waals surface area contributed by atoms with Crippen LogP contribution in [0.25, 0.3) is 0 Å². The van der Waals surface area contributed by atoms with E-state index in [0.717, 1.165) is 50.4 Å². The summed E-state index contributed by atoms with van der Waals surface area (Å²) in [7, 11) is 0. The normalized spacial score (nSPS) is 20.1. The van der Waals surface area contributed by atoms with Crippen molar-refractivity contribution in [3.8, 4) is 5.75 Å². The van der Waals surface area contributed by atoms with Gasteiger partial charge in [0.25, 0.3) is 0 Å². The molecule has 2 aromatic rings. The molecule has 0 N–H and O–H groups in total. The van der Waals surface area contributed by atoms with E-state index in [0.29, 0.717) is 25.7 Å². The number of carbonyl (C=O) groups is 1. The molecule has 0 unspecified atom stereocenters. The molecule has 2 fully saturated rings. The zero-order valence-corrected chi connectivity index (χ0v) is 22.0. The quantitative estimate of drug-likeness (QED) is 0.395. The molecular formula is C29H41N3O4. The molecule has 0 spiro atoms. The molecule has 4 rings (SSSR count). The second kappa shape index (κ2) is 12.4. The highest BCUT2D eigenvalue weighted by atomic mass is 16.6. The van der Waals surface area contributed by atoms with E-state index in [4.69, 9.17) is 14.2 Å². The Bertz CT molecular complexity index is 962. The number of rotatable bonds is 10. The van der Waals surface area contributed by atoms with Crippen LogP contribution in [-0.2, 0) is 16.1 Å². The molecule has 1 amide bonds. The van der Waals surface area contributed by atoms with Gasteiger partial charge < -0.3 is 24.0 Å². The summed E-state index contributed by atoms with van der Waals surface area (Å²) in [5.74, 6) is 1.43. The summed E-state index contributed by atoms with van der Waals surface area (Å²) in [5, 5.41) is 0. The molecule has 0 bridgehead atoms. The van der Waals surface area contributed by atoms with E-state index in [9.17, 15) is 4.79 Å². The van der Waals surface area contributed by atoms with Crippen LogP contribution < -0.4 is 9.64 Å². The van der Waals surface area contributed by atoms with Gasteiger partial charge in [-0.25, -0.2) is 4.79 Å². The topological polar surface area (TPSA) is 64.1 Å². The predicted octanol–water partition coefficient (Wildman–Crippen LogP) is 5.68. The van der Waals surface area contributed by atoms with E-state index >= 15 is 0 Å². The van der Waals surface area contributed by atoms with Crippen molar-refractivity contribution in [2.24, 2.45) is 5.92 Å². The van der Waals surface area contributed by atoms with Gasteiger partial charge in [-0.05, 0) is 64.4 Å². The number of hydrogen-bond donors (Lipinski definition) is 0. The third kappa shape index (κ3) is 7.85. The maximum atomic E-state index is 12.5. The van der Waals surface area contributed by atoms with Gasteiger partial charge in [-0.15, -0.1) is 0 Å². The SMILES string of the molecule is CC(C)(C)OC(=O)N1CCC[C@H]1COc1cncc(N2CC[C@H](CCCOCc3ccccc3)C2)c1. The predicted molar refractivity (Wildman–Crippen MR) is 141 cm³/mol. The van der Waals surface area contributed by atoms with Crippen molar-refractivity contribution in [1.29, 1.82) is 0 Å². The number of nitrogens with zero attached hydrogens (tertiary/aromatic N) is 3. The molecule has 2 aliphatic rings. The summed E-state index contributed by atoms with van der Waals surface area (Å²) in [6.45, 7) is 10.4. The lowest BCUT2D eigenvalue weighted by molar-refractivity contribution is 0.0187. The Hall–Kier alpha value is -2.80. The number of carbonyl (C=O) groups excluding carboxylic acids is 1. The van der Waals surface area contributed by atoms with E-state index in [2.05, 4.69) is 28.1 Å². The van der Waals surface area contributed by atoms with Gasteiger partial charge in [0.05, 0.1) is 30.7 Å². The number of amides is 1. The minimum absolute atomic E-state index is 0.0313. The number of hydrogen-bond acceptors (Lipinski definition) is 6. The van der Waals surface area contributed by atoms with Crippen LogP contribution in [-0.4, -0.2) is 60.5 Å². The highest BCUT2D eigenvalue weighted by Gasteiger charge is 2.32. The van der Waals surface area contributed by atoms with Gasteiger partial charge in [0, 0.05) is 32.3 Å². The van der Waals surface area contributed by atoms with Crippen molar-refractivity contribution >= 4 is 11.8 Å². The number of ether oxygens (including phenoxy) is 3. The molecule has 0 saturated carbocycles. The Morgan fingerprint density at radius 3 is 2.75 bits per heavy atom. The van der Waals surface area contributed by atoms with Crippen molar-refractivity contribution in [3.63, 3.8) is 0 Å². The largest absolute Gasteiger partial charge is 0.490 e. The van der Waals surface area contributed by atoms with Crippen molar-refractivity contribution < 1.29 is 19.0 Å². The molecule has 36 heavy (non-hydrogen) atoms. The molecule has 2 aliphatic heterocycles. The monoisotopic (exact) mass is 495 g/mol. The minimum atomic E-state index is -0.494. The maximum Gasteiger partial charge on any atom is 0.410 e. The molecule has 2 saturated heterocycles. The summed E-state index contributed by atoms with van der Waals surface area (Å²) >= 11 is 0. The van der Waals surface area contributed by atoms with Crippen LogP contribution in [0.2, 0.25) is 0 Å². The summed E-state index contributed by atoms with van der Waals surface area (Å²) in [5.41, 5.74) is 1.84. The minimum Gasteiger partial charge on any atom is -0.490 e. The van der Waals surface area contributed by atoms with Crippen LogP contribution in [0.1, 0.15) is 58.4 Å². The van der Waals surface area contributed by atoms with Crippen LogP contribution in [0.15, 0.2) is 48.8 Å². The van der Waals surface area contributed by atoms with Crippen molar-refractivity contribution in [1.82, 2.24) is 9.88 Å². The van der Waals surface area contributed by atoms with Crippen LogP contribution in [0.5, 0.6) is 5.75 Å². The Labute approximate surface area is 215 Å². The summed E-state index contributed by atoms with van der Waals surface area (Å²) in [6, 6.07) is 12.4. The first-order valence-corrected chi connectivity index (χ1v) is 13.3. The highest BCUT2D eigenvalue weighted by molar-refractivity contribution is 5.69. The first-order chi connectivity index (χ1) is 17.4. The standard InChI is InChI=1S/C29H41N3O4/c1-29(2,3)36-28(33)32-14-7-12-25(32)22-35-27-17-26(18-30-19-27)31-15-13-23(20-31)11-8-16-34-21-24-9-5-4-6-10-24/h4-6,9-10,17-19,23,25H,7-8,11-16,20-22H2,1-3H3/t23-,25-/m0/s1. The molecule has 3 heterocycles. The Morgan fingerprint density at radius 1 is 1.11 bits per heavy atom. The lowest BCUT2D eigenvalue weighted by atomic mass is 10.0. The van der Waals surface area contributed by atoms with E-state index in [1.54, 1.807) is 11.1 Å². The number of aromatic nitrogens is 1. The summed E-state index contributed by atoms with van der Waals surface area (Å²) in [4.78, 5) is 21.2. The maximum absolute atomic E-state index is 12.5. The number of pyridine rings is 1. The second-order valence-electron chi connectivity index (χ2n) is 10.9. The number of likely N-dealkylation sites (tertiary alicyclic amines) is 1. The van der Waals surface area contributed by atoms with Gasteiger partial charge in [-0.1, -0.05) is 30.3 Å². The second-order valence-corrected chi connectivity index (χ2v) is 10.9. The average Bonchev–Trinajstić information content (AvgIpc) is 3.52. The molecule has 196 valence electrons. The van der Waals surface area contributed by atoms with E-state index in [1.165, 1.54) is 18.4 Å². The third-order valence-electron chi connectivity index (χ3n) is 6.81. The molecule has 1 aromatic carbocycles. The van der Waals surface area contributed by atoms with Crippen molar-refractivity contribution in [2.75, 3.05) is 37.7 Å². The molecular weight excluding hydrogens is 454 g/mol. The van der Waals surface area contributed by atoms with Crippen molar-refractivity contribution in [2.45, 2.75) is 71.1 Å². The molecule has 0 radical (unpaired) electrons. The lowest BCUT2D eigenvalue weighted by Gasteiger charge is -2.28. The molecule has 2 atom stereocenters. The number of anilines is 1. The fourth-order valence-electron chi connectivity index (χ4n) is 4.96. The fraction of sp³-hybridized carbons (Fsp3) is 0.586. The smallest absolute Gasteiger partial charge is 0.410 e. The first kappa shape index (κ1) is 26.3. The fourth-order valence-corrected chi connectivity index (χ4v) is 4.96. The Morgan fingerprint density at radius 2 is 1.94 bits per heavy atom. The van der Waals surface area contributed by atoms with Crippen LogP contribution in [0, 0.1) is 5.92 Å². The van der Waals surface area contributed by atoms with Gasteiger partial charge >= 0.3 is 6.09 Å². The van der Waals surface area contributed by atoms with Gasteiger partial charge in [0.2, 0.25) is 0 Å². The molecule has 0 aliphatic carbocycles. The van der Waals surface area contributed by atoms with Crippen LogP contribution in [0.4, 0.5) is 10.5 Å². The zero-order chi connectivity index (χ0) is 25.4. The van der Waals surface area contributed by atoms with Crippen LogP contribution in [0.3, 0.4) is 0 Å². The van der Waals surface area contributed by atoms with E-state index in [1.807, 2.05) is 45.2 Å². The third-order valence-corrected chi connectivity index (χ3v) is 6.81. The van der Waals surface area contributed by atoms with Gasteiger partial charge in [-0.2, -0.15) is 0 Å². The van der Waals surface area contributed by atoms with E-state index in [-0.39, 0.29) is 12.1 Å². The summed E-state index contributed by atoms with van der Waals surface area (Å²) < 4.78 is 17.5. The Kier molecular flexibility index (Phi) is 9.08. The molecule has 7 nitrogen and oxygen atoms in total. The molecule has 7 heteroatoms. The van der Waals surface area contributed by atoms with Crippen LogP contribution >= 0.6 is 0 Å². The molecule has 1 aromatic heterocycles. The summed E-state index contributed by atoms with van der Waals surface area (Å²) in [6.07, 6.45) is 8.77. The lowest BCUT2D eigenvalue weighted by Crippen LogP contribution is -2.42. The highest BCUT2D eigenvalue weighted by Crippen LogP contribution is 2.29. The van der Waals surface area contributed by atoms with Gasteiger partial charge in [0.15, 0.2) is 0 Å². The Balaban J connectivity index is 1.19. The zero-order valence-electron chi connectivity index (χ0n) is 22.0. The first-order valence-electron chi connectivity index (χ1n) is 13.3. The van der Waals surface area contributed by atoms with Crippen molar-refractivity contribution in [3.05, 3.63) is 54.4 Å². The van der Waals surface area contributed by atoms with Gasteiger partial charge in [-0.3, -0.25) is 4.98 Å². The van der Waals surface area contributed by atoms with E-state index < -0.39 is 5.60 Å². The van der Waals surface area contributed by atoms with Gasteiger partial charge in [0.1, 0.15) is 18.0 Å². The average molecular weight is 496 g/mol. The number of benzene rings is 1.